The minimum Gasteiger partial charge on any atom is -0.493 e. The zero-order valence-electron chi connectivity index (χ0n) is 22.9. The molecule has 0 aliphatic carbocycles. The Bertz CT molecular complexity index is 909. The van der Waals surface area contributed by atoms with E-state index in [1.54, 1.807) is 11.0 Å². The van der Waals surface area contributed by atoms with Crippen molar-refractivity contribution in [3.8, 4) is 11.5 Å². The number of aryl methyl sites for hydroxylation is 1. The smallest absolute Gasteiger partial charge is 0.323 e. The Morgan fingerprint density at radius 3 is 2.50 bits per heavy atom. The van der Waals surface area contributed by atoms with E-state index in [0.29, 0.717) is 29.4 Å². The molecule has 1 saturated heterocycles. The van der Waals surface area contributed by atoms with Crippen LogP contribution in [0.25, 0.3) is 0 Å². The van der Waals surface area contributed by atoms with Crippen molar-refractivity contribution in [1.29, 1.82) is 0 Å². The molecule has 1 aromatic carbocycles. The van der Waals surface area contributed by atoms with E-state index in [9.17, 15) is 4.79 Å². The van der Waals surface area contributed by atoms with Crippen LogP contribution in [0.1, 0.15) is 63.2 Å². The second-order valence-corrected chi connectivity index (χ2v) is 9.07. The van der Waals surface area contributed by atoms with Gasteiger partial charge in [0.2, 0.25) is 0 Å². The van der Waals surface area contributed by atoms with Gasteiger partial charge in [0.25, 0.3) is 0 Å². The van der Waals surface area contributed by atoms with Crippen molar-refractivity contribution in [2.45, 2.75) is 65.1 Å². The molecule has 1 aromatic rings. The molecule has 0 bridgehead atoms. The van der Waals surface area contributed by atoms with Crippen LogP contribution >= 0.6 is 0 Å². The highest BCUT2D eigenvalue weighted by Gasteiger charge is 2.41. The number of carbonyl (C=O) groups excluding carboxylic acids is 1. The van der Waals surface area contributed by atoms with Crippen LogP contribution in [0.2, 0.25) is 0 Å². The largest absolute Gasteiger partial charge is 0.493 e. The summed E-state index contributed by atoms with van der Waals surface area (Å²) in [6, 6.07) is 2.02. The Hall–Kier alpha value is -1.79. The van der Waals surface area contributed by atoms with Gasteiger partial charge in [-0.1, -0.05) is 27.7 Å². The van der Waals surface area contributed by atoms with Gasteiger partial charge in [0.15, 0.2) is 11.5 Å². The average molecular weight is 423 g/mol. The van der Waals surface area contributed by atoms with Gasteiger partial charge in [-0.05, 0) is 47.9 Å². The van der Waals surface area contributed by atoms with Gasteiger partial charge in [0, 0.05) is 36.9 Å². The molecule has 4 atom stereocenters. The summed E-state index contributed by atoms with van der Waals surface area (Å²) >= 11 is 0. The summed E-state index contributed by atoms with van der Waals surface area (Å²) in [6.07, 6.45) is -1.69. The first-order chi connectivity index (χ1) is 15.8. The number of carbonyl (C=O) groups is 1. The third-order valence-electron chi connectivity index (χ3n) is 6.07. The number of benzene rings is 1. The highest BCUT2D eigenvalue weighted by Crippen LogP contribution is 2.44. The second kappa shape index (κ2) is 9.56. The topological polar surface area (TPSA) is 74.0 Å². The molecular weight excluding hydrogens is 380 g/mol. The van der Waals surface area contributed by atoms with E-state index in [0.717, 1.165) is 6.42 Å². The fourth-order valence-corrected chi connectivity index (χ4v) is 4.34. The maximum absolute atomic E-state index is 12.8. The minimum absolute atomic E-state index is 0.0651. The molecule has 0 aromatic heterocycles. The highest BCUT2D eigenvalue weighted by molar-refractivity contribution is 5.76. The van der Waals surface area contributed by atoms with Gasteiger partial charge in [0.1, 0.15) is 12.1 Å². The molecule has 30 heavy (non-hydrogen) atoms. The molecule has 3 rings (SSSR count). The molecule has 0 amide bonds. The predicted octanol–water partition coefficient (Wildman–Crippen LogP) is 3.56. The Balaban J connectivity index is 2.09. The zero-order valence-corrected chi connectivity index (χ0v) is 18.9. The number of methoxy groups -OCH3 is 2. The number of nitrogens with zero attached hydrogens (tertiary/aromatic N) is 1. The SMILES string of the molecule is [2H]C1([2H])c2cc(OC)c(OC)cc2C2CC(OC(=O)[C@@H](N)C(C)C)C(CC(C)C)CN2C1([2H])[2H]. The van der Waals surface area contributed by atoms with Gasteiger partial charge in [-0.15, -0.1) is 0 Å². The van der Waals surface area contributed by atoms with Gasteiger partial charge in [-0.2, -0.15) is 0 Å². The van der Waals surface area contributed by atoms with Gasteiger partial charge in [-0.25, -0.2) is 0 Å². The molecule has 2 aliphatic heterocycles. The third kappa shape index (κ3) is 4.75. The lowest BCUT2D eigenvalue weighted by molar-refractivity contribution is -0.160. The third-order valence-corrected chi connectivity index (χ3v) is 6.07. The summed E-state index contributed by atoms with van der Waals surface area (Å²) in [6.45, 7) is 5.87. The fraction of sp³-hybridized carbons (Fsp3) is 0.708. The molecule has 0 spiro atoms. The lowest BCUT2D eigenvalue weighted by atomic mass is 9.79. The molecular formula is C24H38N2O4. The van der Waals surface area contributed by atoms with Crippen molar-refractivity contribution in [3.05, 3.63) is 23.3 Å². The second-order valence-electron chi connectivity index (χ2n) is 9.07. The summed E-state index contributed by atoms with van der Waals surface area (Å²) in [7, 11) is 2.98. The lowest BCUT2D eigenvalue weighted by Gasteiger charge is -2.47. The van der Waals surface area contributed by atoms with Crippen molar-refractivity contribution in [2.75, 3.05) is 27.3 Å². The molecule has 6 nitrogen and oxygen atoms in total. The minimum atomic E-state index is -2.29. The van der Waals surface area contributed by atoms with Crippen molar-refractivity contribution in [3.63, 3.8) is 0 Å². The lowest BCUT2D eigenvalue weighted by Crippen LogP contribution is -2.51. The highest BCUT2D eigenvalue weighted by atomic mass is 16.5. The zero-order chi connectivity index (χ0) is 25.6. The number of rotatable bonds is 7. The fourth-order valence-electron chi connectivity index (χ4n) is 4.34. The van der Waals surface area contributed by atoms with Gasteiger partial charge in [-0.3, -0.25) is 9.69 Å². The van der Waals surface area contributed by atoms with Crippen LogP contribution in [0.15, 0.2) is 12.1 Å². The number of piperidine rings is 1. The number of esters is 1. The molecule has 0 radical (unpaired) electrons. The van der Waals surface area contributed by atoms with Crippen LogP contribution in [0, 0.1) is 17.8 Å². The van der Waals surface area contributed by atoms with E-state index in [1.807, 2.05) is 13.8 Å². The average Bonchev–Trinajstić information content (AvgIpc) is 2.76. The Labute approximate surface area is 186 Å². The number of ether oxygens (including phenoxy) is 3. The van der Waals surface area contributed by atoms with Gasteiger partial charge < -0.3 is 19.9 Å². The van der Waals surface area contributed by atoms with Crippen LogP contribution in [0.5, 0.6) is 11.5 Å². The summed E-state index contributed by atoms with van der Waals surface area (Å²) in [5.74, 6) is 0.416. The number of fused-ring (bicyclic) bond motifs is 3. The van der Waals surface area contributed by atoms with Crippen LogP contribution in [0.3, 0.4) is 0 Å². The maximum Gasteiger partial charge on any atom is 0.323 e. The van der Waals surface area contributed by atoms with Crippen LogP contribution < -0.4 is 15.2 Å². The Morgan fingerprint density at radius 1 is 1.23 bits per heavy atom. The van der Waals surface area contributed by atoms with Crippen molar-refractivity contribution >= 4 is 5.97 Å². The van der Waals surface area contributed by atoms with E-state index >= 15 is 0 Å². The van der Waals surface area contributed by atoms with Crippen molar-refractivity contribution in [1.82, 2.24) is 4.90 Å². The van der Waals surface area contributed by atoms with E-state index in [-0.39, 0.29) is 23.9 Å². The van der Waals surface area contributed by atoms with E-state index in [1.165, 1.54) is 20.3 Å². The Morgan fingerprint density at radius 2 is 1.90 bits per heavy atom. The molecule has 0 saturated carbocycles. The molecule has 2 heterocycles. The maximum atomic E-state index is 12.8. The predicted molar refractivity (Wildman–Crippen MR) is 118 cm³/mol. The molecule has 2 aliphatic rings. The normalized spacial score (nSPS) is 30.2. The van der Waals surface area contributed by atoms with Crippen molar-refractivity contribution < 1.29 is 24.5 Å². The summed E-state index contributed by atoms with van der Waals surface area (Å²) < 4.78 is 52.0. The summed E-state index contributed by atoms with van der Waals surface area (Å²) in [5, 5.41) is 0. The first-order valence-electron chi connectivity index (χ1n) is 12.7. The molecule has 6 heteroatoms. The van der Waals surface area contributed by atoms with Crippen molar-refractivity contribution in [2.24, 2.45) is 23.5 Å². The Kier molecular flexibility index (Phi) is 5.69. The van der Waals surface area contributed by atoms with Gasteiger partial charge >= 0.3 is 5.97 Å². The first kappa shape index (κ1) is 17.8. The van der Waals surface area contributed by atoms with Crippen LogP contribution in [-0.4, -0.2) is 50.3 Å². The first-order valence-corrected chi connectivity index (χ1v) is 10.7. The van der Waals surface area contributed by atoms with Crippen LogP contribution in [0.4, 0.5) is 0 Å². The quantitative estimate of drug-likeness (QED) is 0.677. The monoisotopic (exact) mass is 422 g/mol. The summed E-state index contributed by atoms with van der Waals surface area (Å²) in [5.41, 5.74) is 6.90. The number of nitrogens with two attached hydrogens (primary N) is 1. The summed E-state index contributed by atoms with van der Waals surface area (Å²) in [4.78, 5) is 14.4. The number of hydrogen-bond donors (Lipinski definition) is 1. The molecule has 168 valence electrons. The molecule has 2 N–H and O–H groups in total. The molecule has 3 unspecified atom stereocenters. The van der Waals surface area contributed by atoms with Crippen LogP contribution in [-0.2, 0) is 15.9 Å². The number of hydrogen-bond acceptors (Lipinski definition) is 6. The van der Waals surface area contributed by atoms with E-state index in [4.69, 9.17) is 25.4 Å². The van der Waals surface area contributed by atoms with E-state index in [2.05, 4.69) is 13.8 Å². The molecule has 1 fully saturated rings. The van der Waals surface area contributed by atoms with Gasteiger partial charge in [0.05, 0.1) is 14.2 Å². The van der Waals surface area contributed by atoms with E-state index < -0.39 is 37.0 Å². The standard InChI is InChI=1S/C24H38N2O4/c1-14(2)9-17-13-26-8-7-16-10-21(28-5)22(29-6)11-18(16)19(26)12-20(17)30-24(27)23(25)15(3)4/h10-11,14-15,17,19-20,23H,7-9,12-13,25H2,1-6H3/t17?,19?,20?,23-/m0/s1/i7D2,8D2.